The smallest absolute Gasteiger partial charge is 0.272 e. The van der Waals surface area contributed by atoms with Crippen LogP contribution in [0, 0.1) is 22.9 Å². The molecule has 2 fully saturated rings. The van der Waals surface area contributed by atoms with Crippen molar-refractivity contribution in [2.75, 3.05) is 59.0 Å². The van der Waals surface area contributed by atoms with Crippen LogP contribution in [0.15, 0.2) is 83.7 Å². The average molecular weight is 795 g/mol. The standard InChI is InChI=1S/C44H45F3N6O5/c1-2-28-6-5-7-30(20-28)31-23-36(46)40(37(47)24-31)42(56)49-15-13-44(26-58-27-44)12-14-48-25-39(54)52-16-18-53(19-17-52)43(57)34-21-29(10-11-35(34)45)22-38-32-8-3-4-9-33(32)41(55)51-50-38/h3-11,20-21,23-24,48H,2,12-19,22,25-27H2,1H3,(H,49,56)(H,51,55). The first kappa shape index (κ1) is 40.3. The highest BCUT2D eigenvalue weighted by molar-refractivity contribution is 5.96. The number of H-pyrrole nitrogens is 1. The van der Waals surface area contributed by atoms with Crippen molar-refractivity contribution in [3.05, 3.63) is 135 Å². The summed E-state index contributed by atoms with van der Waals surface area (Å²) in [7, 11) is 0. The van der Waals surface area contributed by atoms with Crippen LogP contribution >= 0.6 is 0 Å². The first-order valence-corrected chi connectivity index (χ1v) is 19.5. The Bertz CT molecular complexity index is 2370. The Morgan fingerprint density at radius 3 is 2.21 bits per heavy atom. The maximum atomic E-state index is 15.0. The van der Waals surface area contributed by atoms with E-state index in [1.807, 2.05) is 31.2 Å². The molecule has 58 heavy (non-hydrogen) atoms. The number of rotatable bonds is 14. The van der Waals surface area contributed by atoms with Crippen LogP contribution in [0.5, 0.6) is 0 Å². The summed E-state index contributed by atoms with van der Waals surface area (Å²) in [6, 6.07) is 21.2. The zero-order valence-corrected chi connectivity index (χ0v) is 32.2. The van der Waals surface area contributed by atoms with Gasteiger partial charge in [0.25, 0.3) is 17.4 Å². The van der Waals surface area contributed by atoms with Crippen LogP contribution in [0.4, 0.5) is 13.2 Å². The van der Waals surface area contributed by atoms with Gasteiger partial charge in [-0.25, -0.2) is 18.3 Å². The van der Waals surface area contributed by atoms with Gasteiger partial charge in [-0.15, -0.1) is 0 Å². The number of ether oxygens (including phenoxy) is 1. The molecule has 0 saturated carbocycles. The number of aryl methyl sites for hydroxylation is 1. The maximum absolute atomic E-state index is 15.0. The number of nitrogens with zero attached hydrogens (tertiary/aromatic N) is 3. The molecule has 0 radical (unpaired) electrons. The summed E-state index contributed by atoms with van der Waals surface area (Å²) in [6.07, 6.45) is 2.25. The molecule has 7 rings (SSSR count). The SMILES string of the molecule is CCc1cccc(-c2cc(F)c(C(=O)NCCC3(CCNCC(=O)N4CCN(C(=O)c5cc(Cc6n[nH]c(=O)c7ccccc67)ccc5F)CC4)COC3)c(F)c2)c1. The summed E-state index contributed by atoms with van der Waals surface area (Å²) in [5.74, 6) is -3.91. The number of carbonyl (C=O) groups excluding carboxylic acids is 3. The highest BCUT2D eigenvalue weighted by Crippen LogP contribution is 2.34. The second-order valence-electron chi connectivity index (χ2n) is 15.0. The normalized spacial score (nSPS) is 15.0. The number of fused-ring (bicyclic) bond motifs is 1. The molecule has 2 aliphatic rings. The molecule has 3 N–H and O–H groups in total. The van der Waals surface area contributed by atoms with Crippen molar-refractivity contribution in [2.24, 2.45) is 5.41 Å². The number of aromatic nitrogens is 2. The summed E-state index contributed by atoms with van der Waals surface area (Å²) in [6.45, 7) is 4.81. The molecule has 2 aliphatic heterocycles. The molecule has 4 aromatic carbocycles. The topological polar surface area (TPSA) is 137 Å². The molecule has 1 aromatic heterocycles. The van der Waals surface area contributed by atoms with Gasteiger partial charge in [-0.05, 0) is 78.4 Å². The predicted octanol–water partition coefficient (Wildman–Crippen LogP) is 5.26. The molecule has 0 spiro atoms. The fourth-order valence-electron chi connectivity index (χ4n) is 7.60. The van der Waals surface area contributed by atoms with Crippen molar-refractivity contribution in [1.29, 1.82) is 0 Å². The summed E-state index contributed by atoms with van der Waals surface area (Å²) < 4.78 is 50.5. The second kappa shape index (κ2) is 17.7. The summed E-state index contributed by atoms with van der Waals surface area (Å²) in [4.78, 5) is 54.7. The van der Waals surface area contributed by atoms with Crippen LogP contribution in [0.2, 0.25) is 0 Å². The van der Waals surface area contributed by atoms with Crippen LogP contribution in [0.25, 0.3) is 21.9 Å². The number of hydrogen-bond acceptors (Lipinski definition) is 7. The fourth-order valence-corrected chi connectivity index (χ4v) is 7.60. The van der Waals surface area contributed by atoms with Crippen LogP contribution in [-0.4, -0.2) is 96.7 Å². The Balaban J connectivity index is 0.846. The summed E-state index contributed by atoms with van der Waals surface area (Å²) >= 11 is 0. The fraction of sp³-hybridized carbons (Fsp3) is 0.341. The van der Waals surface area contributed by atoms with Gasteiger partial charge in [0.15, 0.2) is 0 Å². The quantitative estimate of drug-likeness (QED) is 0.131. The van der Waals surface area contributed by atoms with Gasteiger partial charge in [-0.3, -0.25) is 19.2 Å². The van der Waals surface area contributed by atoms with E-state index in [1.165, 1.54) is 29.2 Å². The largest absolute Gasteiger partial charge is 0.380 e. The van der Waals surface area contributed by atoms with Crippen molar-refractivity contribution in [2.45, 2.75) is 32.6 Å². The van der Waals surface area contributed by atoms with Gasteiger partial charge in [-0.2, -0.15) is 5.10 Å². The van der Waals surface area contributed by atoms with E-state index < -0.39 is 34.8 Å². The Morgan fingerprint density at radius 2 is 1.50 bits per heavy atom. The number of benzene rings is 4. The molecule has 3 heterocycles. The zero-order chi connectivity index (χ0) is 40.8. The summed E-state index contributed by atoms with van der Waals surface area (Å²) in [5, 5.41) is 13.7. The predicted molar refractivity (Wildman–Crippen MR) is 213 cm³/mol. The van der Waals surface area contributed by atoms with Gasteiger partial charge in [0.2, 0.25) is 5.91 Å². The van der Waals surface area contributed by atoms with Crippen LogP contribution in [0.3, 0.4) is 0 Å². The highest BCUT2D eigenvalue weighted by atomic mass is 19.1. The number of halogens is 3. The van der Waals surface area contributed by atoms with Crippen molar-refractivity contribution in [3.8, 4) is 11.1 Å². The molecule has 0 bridgehead atoms. The van der Waals surface area contributed by atoms with Crippen molar-refractivity contribution in [1.82, 2.24) is 30.6 Å². The average Bonchev–Trinajstić information content (AvgIpc) is 3.22. The van der Waals surface area contributed by atoms with Gasteiger partial charge in [0.05, 0.1) is 36.4 Å². The lowest BCUT2D eigenvalue weighted by atomic mass is 9.79. The third-order valence-electron chi connectivity index (χ3n) is 11.1. The monoisotopic (exact) mass is 794 g/mol. The van der Waals surface area contributed by atoms with E-state index in [0.717, 1.165) is 12.0 Å². The van der Waals surface area contributed by atoms with Crippen LogP contribution in [-0.2, 0) is 22.4 Å². The van der Waals surface area contributed by atoms with Gasteiger partial charge >= 0.3 is 0 Å². The molecule has 3 amide bonds. The number of carbonyl (C=O) groups is 3. The van der Waals surface area contributed by atoms with Gasteiger partial charge in [0.1, 0.15) is 23.0 Å². The number of amides is 3. The Kier molecular flexibility index (Phi) is 12.3. The Morgan fingerprint density at radius 1 is 0.793 bits per heavy atom. The Labute approximate surface area is 333 Å². The van der Waals surface area contributed by atoms with E-state index in [2.05, 4.69) is 20.8 Å². The van der Waals surface area contributed by atoms with Crippen LogP contribution in [0.1, 0.15) is 57.3 Å². The van der Waals surface area contributed by atoms with E-state index in [1.54, 1.807) is 35.2 Å². The number of nitrogens with one attached hydrogen (secondary N) is 3. The minimum atomic E-state index is -0.927. The molecule has 302 valence electrons. The number of piperazine rings is 1. The van der Waals surface area contributed by atoms with E-state index in [0.29, 0.717) is 78.8 Å². The van der Waals surface area contributed by atoms with Gasteiger partial charge in [-0.1, -0.05) is 55.5 Å². The maximum Gasteiger partial charge on any atom is 0.272 e. The first-order chi connectivity index (χ1) is 28.0. The third kappa shape index (κ3) is 8.98. The lowest BCUT2D eigenvalue weighted by Crippen LogP contribution is -2.52. The second-order valence-corrected chi connectivity index (χ2v) is 15.0. The number of hydrogen-bond donors (Lipinski definition) is 3. The van der Waals surface area contributed by atoms with Crippen LogP contribution < -0.4 is 16.2 Å². The van der Waals surface area contributed by atoms with E-state index >= 15 is 8.78 Å². The lowest BCUT2D eigenvalue weighted by Gasteiger charge is -2.42. The van der Waals surface area contributed by atoms with E-state index in [4.69, 9.17) is 4.74 Å². The van der Waals surface area contributed by atoms with E-state index in [9.17, 15) is 23.6 Å². The molecule has 2 saturated heterocycles. The molecule has 0 aliphatic carbocycles. The summed E-state index contributed by atoms with van der Waals surface area (Å²) in [5.41, 5.74) is 2.09. The third-order valence-corrected chi connectivity index (χ3v) is 11.1. The molecule has 5 aromatic rings. The minimum Gasteiger partial charge on any atom is -0.380 e. The number of aromatic amines is 1. The molecule has 14 heteroatoms. The molecule has 11 nitrogen and oxygen atoms in total. The lowest BCUT2D eigenvalue weighted by molar-refractivity contribution is -0.132. The molecular formula is C44H45F3N6O5. The molecule has 0 atom stereocenters. The van der Waals surface area contributed by atoms with Crippen molar-refractivity contribution < 1.29 is 32.3 Å². The van der Waals surface area contributed by atoms with Gasteiger partial charge in [0, 0.05) is 49.9 Å². The van der Waals surface area contributed by atoms with E-state index in [-0.39, 0.29) is 55.0 Å². The van der Waals surface area contributed by atoms with Crippen molar-refractivity contribution in [3.63, 3.8) is 0 Å². The molecular weight excluding hydrogens is 750 g/mol. The zero-order valence-electron chi connectivity index (χ0n) is 32.2. The molecule has 0 unspecified atom stereocenters. The first-order valence-electron chi connectivity index (χ1n) is 19.5. The van der Waals surface area contributed by atoms with Crippen molar-refractivity contribution >= 4 is 28.5 Å². The Hall–Kier alpha value is -5.86. The highest BCUT2D eigenvalue weighted by Gasteiger charge is 2.38. The van der Waals surface area contributed by atoms with Gasteiger partial charge < -0.3 is 25.2 Å². The minimum absolute atomic E-state index is 0.0663.